The number of hydrogen-bond acceptors (Lipinski definition) is 3. The maximum atomic E-state index is 13.4. The van der Waals surface area contributed by atoms with Crippen LogP contribution in [0.5, 0.6) is 0 Å². The number of aryl methyl sites for hydroxylation is 1. The van der Waals surface area contributed by atoms with Gasteiger partial charge in [-0.3, -0.25) is 10.1 Å². The van der Waals surface area contributed by atoms with E-state index < -0.39 is 16.6 Å². The Morgan fingerprint density at radius 3 is 2.55 bits per heavy atom. The topological polar surface area (TPSA) is 55.2 Å². The molecule has 6 heteroatoms. The highest BCUT2D eigenvalue weighted by atomic mass is 19.1. The maximum Gasteiger partial charge on any atom is 0.272 e. The number of halogens is 2. The van der Waals surface area contributed by atoms with Gasteiger partial charge in [0.25, 0.3) is 5.69 Å². The van der Waals surface area contributed by atoms with Crippen molar-refractivity contribution in [2.75, 3.05) is 5.32 Å². The molecule has 0 saturated heterocycles. The van der Waals surface area contributed by atoms with Gasteiger partial charge in [0.05, 0.1) is 4.92 Å². The molecule has 2 rings (SSSR count). The van der Waals surface area contributed by atoms with E-state index in [4.69, 9.17) is 0 Å². The van der Waals surface area contributed by atoms with Gasteiger partial charge in [-0.25, -0.2) is 8.78 Å². The standard InChI is InChI=1S/C14H12F2N2O2/c1-9-6-12(4-5-14(9)18(19)20)17-8-10-2-3-11(15)7-13(10)16/h2-7,17H,8H2,1H3. The van der Waals surface area contributed by atoms with Gasteiger partial charge in [-0.2, -0.15) is 0 Å². The van der Waals surface area contributed by atoms with Gasteiger partial charge in [0.15, 0.2) is 0 Å². The zero-order valence-electron chi connectivity index (χ0n) is 10.7. The Hall–Kier alpha value is -2.50. The molecule has 0 unspecified atom stereocenters. The van der Waals surface area contributed by atoms with Crippen LogP contribution in [-0.4, -0.2) is 4.92 Å². The Morgan fingerprint density at radius 1 is 1.20 bits per heavy atom. The van der Waals surface area contributed by atoms with Crippen molar-refractivity contribution in [3.8, 4) is 0 Å². The van der Waals surface area contributed by atoms with Crippen LogP contribution in [0.15, 0.2) is 36.4 Å². The number of anilines is 1. The van der Waals surface area contributed by atoms with E-state index in [1.165, 1.54) is 18.2 Å². The molecule has 0 radical (unpaired) electrons. The molecule has 0 bridgehead atoms. The zero-order valence-corrected chi connectivity index (χ0v) is 10.7. The minimum absolute atomic E-state index is 0.0310. The lowest BCUT2D eigenvalue weighted by molar-refractivity contribution is -0.385. The average Bonchev–Trinajstić information content (AvgIpc) is 2.37. The van der Waals surface area contributed by atoms with Gasteiger partial charge in [0.2, 0.25) is 0 Å². The van der Waals surface area contributed by atoms with Crippen molar-refractivity contribution >= 4 is 11.4 Å². The molecule has 0 spiro atoms. The first-order valence-electron chi connectivity index (χ1n) is 5.90. The van der Waals surface area contributed by atoms with Crippen molar-refractivity contribution in [1.29, 1.82) is 0 Å². The van der Waals surface area contributed by atoms with E-state index in [2.05, 4.69) is 5.32 Å². The van der Waals surface area contributed by atoms with E-state index in [1.54, 1.807) is 19.1 Å². The van der Waals surface area contributed by atoms with E-state index in [-0.39, 0.29) is 12.2 Å². The molecule has 0 atom stereocenters. The molecule has 0 aliphatic heterocycles. The van der Waals surface area contributed by atoms with E-state index >= 15 is 0 Å². The maximum absolute atomic E-state index is 13.4. The van der Waals surface area contributed by atoms with E-state index in [0.29, 0.717) is 16.8 Å². The largest absolute Gasteiger partial charge is 0.381 e. The van der Waals surface area contributed by atoms with Gasteiger partial charge in [0, 0.05) is 35.5 Å². The Balaban J connectivity index is 2.11. The summed E-state index contributed by atoms with van der Waals surface area (Å²) in [5.41, 5.74) is 1.50. The molecule has 4 nitrogen and oxygen atoms in total. The molecule has 0 aromatic heterocycles. The fourth-order valence-corrected chi connectivity index (χ4v) is 1.83. The smallest absolute Gasteiger partial charge is 0.272 e. The van der Waals surface area contributed by atoms with E-state index in [1.807, 2.05) is 0 Å². The fraction of sp³-hybridized carbons (Fsp3) is 0.143. The second-order valence-corrected chi connectivity index (χ2v) is 4.35. The minimum Gasteiger partial charge on any atom is -0.381 e. The third-order valence-electron chi connectivity index (χ3n) is 2.89. The summed E-state index contributed by atoms with van der Waals surface area (Å²) >= 11 is 0. The first-order valence-corrected chi connectivity index (χ1v) is 5.90. The summed E-state index contributed by atoms with van der Waals surface area (Å²) in [5.74, 6) is -1.26. The average molecular weight is 278 g/mol. The van der Waals surface area contributed by atoms with Crippen LogP contribution >= 0.6 is 0 Å². The monoisotopic (exact) mass is 278 g/mol. The van der Waals surface area contributed by atoms with Gasteiger partial charge in [-0.05, 0) is 25.1 Å². The Bertz CT molecular complexity index is 660. The van der Waals surface area contributed by atoms with Crippen molar-refractivity contribution in [2.24, 2.45) is 0 Å². The summed E-state index contributed by atoms with van der Waals surface area (Å²) in [7, 11) is 0. The van der Waals surface area contributed by atoms with Crippen LogP contribution in [0.3, 0.4) is 0 Å². The van der Waals surface area contributed by atoms with Crippen LogP contribution in [0.1, 0.15) is 11.1 Å². The summed E-state index contributed by atoms with van der Waals surface area (Å²) in [4.78, 5) is 10.2. The van der Waals surface area contributed by atoms with Gasteiger partial charge in [-0.1, -0.05) is 6.07 Å². The normalized spacial score (nSPS) is 10.3. The fourth-order valence-electron chi connectivity index (χ4n) is 1.83. The van der Waals surface area contributed by atoms with Crippen molar-refractivity contribution in [1.82, 2.24) is 0 Å². The number of nitrogens with one attached hydrogen (secondary N) is 1. The Labute approximate surface area is 114 Å². The lowest BCUT2D eigenvalue weighted by atomic mass is 10.1. The highest BCUT2D eigenvalue weighted by molar-refractivity contribution is 5.53. The van der Waals surface area contributed by atoms with Crippen LogP contribution in [0.4, 0.5) is 20.2 Å². The zero-order chi connectivity index (χ0) is 14.7. The molecule has 104 valence electrons. The molecule has 0 aliphatic carbocycles. The molecule has 2 aromatic carbocycles. The second kappa shape index (κ2) is 5.64. The molecule has 1 N–H and O–H groups in total. The van der Waals surface area contributed by atoms with Crippen molar-refractivity contribution in [3.05, 3.63) is 69.3 Å². The SMILES string of the molecule is Cc1cc(NCc2ccc(F)cc2F)ccc1[N+](=O)[O-]. The molecular weight excluding hydrogens is 266 g/mol. The molecule has 20 heavy (non-hydrogen) atoms. The van der Waals surface area contributed by atoms with Crippen LogP contribution in [0.25, 0.3) is 0 Å². The summed E-state index contributed by atoms with van der Waals surface area (Å²) in [6.45, 7) is 1.80. The second-order valence-electron chi connectivity index (χ2n) is 4.35. The molecule has 0 saturated carbocycles. The Morgan fingerprint density at radius 2 is 1.95 bits per heavy atom. The number of rotatable bonds is 4. The number of nitro benzene ring substituents is 1. The van der Waals surface area contributed by atoms with E-state index in [9.17, 15) is 18.9 Å². The van der Waals surface area contributed by atoms with Gasteiger partial charge in [0.1, 0.15) is 11.6 Å². The van der Waals surface area contributed by atoms with Crippen molar-refractivity contribution in [2.45, 2.75) is 13.5 Å². The first-order chi connectivity index (χ1) is 9.47. The van der Waals surface area contributed by atoms with Crippen LogP contribution in [-0.2, 0) is 6.54 Å². The number of benzene rings is 2. The molecular formula is C14H12F2N2O2. The first kappa shape index (κ1) is 13.9. The van der Waals surface area contributed by atoms with Gasteiger partial charge in [-0.15, -0.1) is 0 Å². The third kappa shape index (κ3) is 3.09. The number of hydrogen-bond donors (Lipinski definition) is 1. The highest BCUT2D eigenvalue weighted by Crippen LogP contribution is 2.22. The summed E-state index contributed by atoms with van der Waals surface area (Å²) in [5, 5.41) is 13.6. The van der Waals surface area contributed by atoms with Crippen molar-refractivity contribution < 1.29 is 13.7 Å². The lowest BCUT2D eigenvalue weighted by Crippen LogP contribution is -2.03. The van der Waals surface area contributed by atoms with Gasteiger partial charge >= 0.3 is 0 Å². The quantitative estimate of drug-likeness (QED) is 0.683. The summed E-state index contributed by atoms with van der Waals surface area (Å²) in [6.07, 6.45) is 0. The molecule has 0 amide bonds. The van der Waals surface area contributed by atoms with E-state index in [0.717, 1.165) is 6.07 Å². The predicted octanol–water partition coefficient (Wildman–Crippen LogP) is 3.79. The molecule has 0 fully saturated rings. The lowest BCUT2D eigenvalue weighted by Gasteiger charge is -2.08. The minimum atomic E-state index is -0.629. The summed E-state index contributed by atoms with van der Waals surface area (Å²) in [6, 6.07) is 7.90. The predicted molar refractivity (Wildman–Crippen MR) is 71.5 cm³/mol. The van der Waals surface area contributed by atoms with Gasteiger partial charge < -0.3 is 5.32 Å². The molecule has 0 heterocycles. The highest BCUT2D eigenvalue weighted by Gasteiger charge is 2.10. The molecule has 0 aliphatic rings. The molecule has 2 aromatic rings. The number of nitro groups is 1. The van der Waals surface area contributed by atoms with Crippen molar-refractivity contribution in [3.63, 3.8) is 0 Å². The summed E-state index contributed by atoms with van der Waals surface area (Å²) < 4.78 is 26.2. The Kier molecular flexibility index (Phi) is 3.93. The van der Waals surface area contributed by atoms with Crippen LogP contribution in [0, 0.1) is 28.7 Å². The third-order valence-corrected chi connectivity index (χ3v) is 2.89. The van der Waals surface area contributed by atoms with Crippen LogP contribution < -0.4 is 5.32 Å². The number of nitrogens with zero attached hydrogens (tertiary/aromatic N) is 1. The van der Waals surface area contributed by atoms with Crippen LogP contribution in [0.2, 0.25) is 0 Å².